The molecule has 0 fully saturated rings. The highest BCUT2D eigenvalue weighted by Crippen LogP contribution is 2.31. The van der Waals surface area contributed by atoms with Crippen molar-refractivity contribution < 1.29 is 4.74 Å². The van der Waals surface area contributed by atoms with Gasteiger partial charge in [0, 0.05) is 16.6 Å². The molecule has 0 aliphatic heterocycles. The van der Waals surface area contributed by atoms with Crippen LogP contribution in [0.1, 0.15) is 31.9 Å². The maximum Gasteiger partial charge on any atom is 0.123 e. The zero-order chi connectivity index (χ0) is 12.1. The minimum absolute atomic E-state index is 0.0636. The van der Waals surface area contributed by atoms with Gasteiger partial charge >= 0.3 is 0 Å². The van der Waals surface area contributed by atoms with Crippen molar-refractivity contribution in [2.75, 3.05) is 7.11 Å². The first-order valence-corrected chi connectivity index (χ1v) is 5.75. The van der Waals surface area contributed by atoms with E-state index < -0.39 is 0 Å². The fourth-order valence-corrected chi connectivity index (χ4v) is 1.91. The van der Waals surface area contributed by atoms with Gasteiger partial charge in [0.2, 0.25) is 0 Å². The summed E-state index contributed by atoms with van der Waals surface area (Å²) in [5, 5.41) is 0.694. The highest BCUT2D eigenvalue weighted by Gasteiger charge is 2.16. The average molecular weight is 243 g/mol. The number of ether oxygens (including phenoxy) is 1. The Hall–Kier alpha value is -0.770. The molecule has 1 aromatic carbocycles. The Morgan fingerprint density at radius 1 is 1.44 bits per heavy atom. The lowest BCUT2D eigenvalue weighted by molar-refractivity contribution is 0.383. The summed E-state index contributed by atoms with van der Waals surface area (Å²) in [5.41, 5.74) is 3.82. The minimum atomic E-state index is 0.0636. The van der Waals surface area contributed by atoms with Crippen molar-refractivity contribution in [3.63, 3.8) is 0 Å². The van der Waals surface area contributed by atoms with Crippen LogP contribution in [0.5, 0.6) is 5.75 Å². The molecule has 4 heteroatoms. The summed E-state index contributed by atoms with van der Waals surface area (Å²) in [4.78, 5) is 0. The van der Waals surface area contributed by atoms with Crippen molar-refractivity contribution >= 4 is 11.6 Å². The lowest BCUT2D eigenvalue weighted by atomic mass is 9.97. The Labute approximate surface area is 102 Å². The van der Waals surface area contributed by atoms with Crippen molar-refractivity contribution in [1.82, 2.24) is 5.43 Å². The third kappa shape index (κ3) is 3.37. The fraction of sp³-hybridized carbons (Fsp3) is 0.500. The topological polar surface area (TPSA) is 47.3 Å². The maximum atomic E-state index is 5.99. The fourth-order valence-electron chi connectivity index (χ4n) is 1.73. The molecular formula is C12H19ClN2O. The van der Waals surface area contributed by atoms with E-state index in [0.29, 0.717) is 10.9 Å². The SMILES string of the molecule is COc1ccc(Cl)cc1C(CC(C)C)NN. The molecule has 0 saturated carbocycles. The van der Waals surface area contributed by atoms with Crippen LogP contribution in [-0.4, -0.2) is 7.11 Å². The number of nitrogens with two attached hydrogens (primary N) is 1. The Balaban J connectivity index is 3.02. The quantitative estimate of drug-likeness (QED) is 0.617. The summed E-state index contributed by atoms with van der Waals surface area (Å²) in [6, 6.07) is 5.64. The van der Waals surface area contributed by atoms with Gasteiger partial charge in [-0.1, -0.05) is 25.4 Å². The molecule has 1 aromatic rings. The summed E-state index contributed by atoms with van der Waals surface area (Å²) >= 11 is 5.99. The molecule has 0 amide bonds. The zero-order valence-electron chi connectivity index (χ0n) is 9.96. The molecule has 0 bridgehead atoms. The predicted octanol–water partition coefficient (Wildman–Crippen LogP) is 2.90. The molecule has 0 heterocycles. The van der Waals surface area contributed by atoms with Gasteiger partial charge in [0.25, 0.3) is 0 Å². The first-order chi connectivity index (χ1) is 7.58. The van der Waals surface area contributed by atoms with Gasteiger partial charge < -0.3 is 4.74 Å². The largest absolute Gasteiger partial charge is 0.496 e. The molecule has 0 radical (unpaired) electrons. The number of benzene rings is 1. The second-order valence-corrected chi connectivity index (χ2v) is 4.67. The lowest BCUT2D eigenvalue weighted by Gasteiger charge is -2.21. The van der Waals surface area contributed by atoms with E-state index in [1.54, 1.807) is 7.11 Å². The predicted molar refractivity (Wildman–Crippen MR) is 67.5 cm³/mol. The molecule has 1 unspecified atom stereocenters. The molecule has 0 aliphatic carbocycles. The van der Waals surface area contributed by atoms with E-state index >= 15 is 0 Å². The van der Waals surface area contributed by atoms with Crippen LogP contribution < -0.4 is 16.0 Å². The first kappa shape index (κ1) is 13.3. The van der Waals surface area contributed by atoms with Gasteiger partial charge in [-0.25, -0.2) is 0 Å². The van der Waals surface area contributed by atoms with Gasteiger partial charge in [0.15, 0.2) is 0 Å². The van der Waals surface area contributed by atoms with Crippen molar-refractivity contribution in [2.45, 2.75) is 26.3 Å². The molecule has 0 saturated heterocycles. The third-order valence-electron chi connectivity index (χ3n) is 2.48. The summed E-state index contributed by atoms with van der Waals surface area (Å²) in [6.07, 6.45) is 0.938. The van der Waals surface area contributed by atoms with E-state index in [2.05, 4.69) is 19.3 Å². The standard InChI is InChI=1S/C12H19ClN2O/c1-8(2)6-11(15-14)10-7-9(13)4-5-12(10)16-3/h4-5,7-8,11,15H,6,14H2,1-3H3. The molecule has 1 atom stereocenters. The molecule has 0 aromatic heterocycles. The number of rotatable bonds is 5. The number of halogens is 1. The van der Waals surface area contributed by atoms with Crippen LogP contribution in [0.2, 0.25) is 5.02 Å². The van der Waals surface area contributed by atoms with Gasteiger partial charge in [-0.05, 0) is 30.5 Å². The van der Waals surface area contributed by atoms with Crippen LogP contribution in [0.15, 0.2) is 18.2 Å². The molecular weight excluding hydrogens is 224 g/mol. The van der Waals surface area contributed by atoms with Gasteiger partial charge in [0.05, 0.1) is 7.11 Å². The van der Waals surface area contributed by atoms with Crippen LogP contribution in [0, 0.1) is 5.92 Å². The van der Waals surface area contributed by atoms with Crippen molar-refractivity contribution in [1.29, 1.82) is 0 Å². The normalized spacial score (nSPS) is 12.9. The number of methoxy groups -OCH3 is 1. The number of nitrogens with one attached hydrogen (secondary N) is 1. The number of hydrazine groups is 1. The highest BCUT2D eigenvalue weighted by molar-refractivity contribution is 6.30. The Morgan fingerprint density at radius 3 is 2.62 bits per heavy atom. The number of hydrogen-bond acceptors (Lipinski definition) is 3. The van der Waals surface area contributed by atoms with E-state index in [4.69, 9.17) is 22.2 Å². The lowest BCUT2D eigenvalue weighted by Crippen LogP contribution is -2.29. The highest BCUT2D eigenvalue weighted by atomic mass is 35.5. The molecule has 16 heavy (non-hydrogen) atoms. The van der Waals surface area contributed by atoms with Crippen molar-refractivity contribution in [3.8, 4) is 5.75 Å². The first-order valence-electron chi connectivity index (χ1n) is 5.38. The monoisotopic (exact) mass is 242 g/mol. The summed E-state index contributed by atoms with van der Waals surface area (Å²) in [7, 11) is 1.65. The van der Waals surface area contributed by atoms with Crippen molar-refractivity contribution in [3.05, 3.63) is 28.8 Å². The van der Waals surface area contributed by atoms with E-state index in [-0.39, 0.29) is 6.04 Å². The van der Waals surface area contributed by atoms with Crippen molar-refractivity contribution in [2.24, 2.45) is 11.8 Å². The Morgan fingerprint density at radius 2 is 2.12 bits per heavy atom. The van der Waals surface area contributed by atoms with E-state index in [1.807, 2.05) is 18.2 Å². The number of hydrogen-bond donors (Lipinski definition) is 2. The Bertz CT molecular complexity index is 342. The van der Waals surface area contributed by atoms with Crippen LogP contribution in [-0.2, 0) is 0 Å². The minimum Gasteiger partial charge on any atom is -0.496 e. The zero-order valence-corrected chi connectivity index (χ0v) is 10.7. The van der Waals surface area contributed by atoms with Crippen LogP contribution in [0.25, 0.3) is 0 Å². The van der Waals surface area contributed by atoms with Gasteiger partial charge in [-0.15, -0.1) is 0 Å². The average Bonchev–Trinajstić information content (AvgIpc) is 2.25. The van der Waals surface area contributed by atoms with E-state index in [0.717, 1.165) is 17.7 Å². The summed E-state index contributed by atoms with van der Waals surface area (Å²) in [5.74, 6) is 6.94. The summed E-state index contributed by atoms with van der Waals surface area (Å²) < 4.78 is 5.31. The molecule has 0 spiro atoms. The molecule has 3 nitrogen and oxygen atoms in total. The molecule has 90 valence electrons. The van der Waals surface area contributed by atoms with E-state index in [1.165, 1.54) is 0 Å². The van der Waals surface area contributed by atoms with Gasteiger partial charge in [-0.3, -0.25) is 11.3 Å². The molecule has 0 aliphatic rings. The second-order valence-electron chi connectivity index (χ2n) is 4.24. The molecule has 1 rings (SSSR count). The smallest absolute Gasteiger partial charge is 0.123 e. The second kappa shape index (κ2) is 6.09. The maximum absolute atomic E-state index is 5.99. The van der Waals surface area contributed by atoms with Crippen LogP contribution in [0.3, 0.4) is 0 Å². The third-order valence-corrected chi connectivity index (χ3v) is 2.71. The van der Waals surface area contributed by atoms with Gasteiger partial charge in [-0.2, -0.15) is 0 Å². The Kier molecular flexibility index (Phi) is 5.06. The van der Waals surface area contributed by atoms with Gasteiger partial charge in [0.1, 0.15) is 5.75 Å². The van der Waals surface area contributed by atoms with E-state index in [9.17, 15) is 0 Å². The molecule has 3 N–H and O–H groups in total. The van der Waals surface area contributed by atoms with Crippen LogP contribution >= 0.6 is 11.6 Å². The van der Waals surface area contributed by atoms with Crippen LogP contribution in [0.4, 0.5) is 0 Å². The summed E-state index contributed by atoms with van der Waals surface area (Å²) in [6.45, 7) is 4.31.